The first kappa shape index (κ1) is 16.3. The molecule has 1 aromatic carbocycles. The molecule has 136 valence electrons. The largest absolute Gasteiger partial charge is 0.369 e. The fraction of sp³-hybridized carbons (Fsp3) is 0.739. The van der Waals surface area contributed by atoms with Gasteiger partial charge in [0.15, 0.2) is 0 Å². The summed E-state index contributed by atoms with van der Waals surface area (Å²) in [6, 6.07) is 11.3. The van der Waals surface area contributed by atoms with Gasteiger partial charge in [-0.3, -0.25) is 0 Å². The van der Waals surface area contributed by atoms with E-state index < -0.39 is 0 Å². The molecule has 5 fully saturated rings. The monoisotopic (exact) mass is 339 g/mol. The Morgan fingerprint density at radius 2 is 1.52 bits per heavy atom. The molecule has 2 heteroatoms. The Kier molecular flexibility index (Phi) is 3.80. The molecule has 1 heterocycles. The zero-order chi connectivity index (χ0) is 17.1. The van der Waals surface area contributed by atoms with E-state index in [-0.39, 0.29) is 5.60 Å². The van der Waals surface area contributed by atoms with E-state index in [1.54, 1.807) is 0 Å². The van der Waals surface area contributed by atoms with E-state index in [0.29, 0.717) is 11.3 Å². The van der Waals surface area contributed by atoms with Crippen molar-refractivity contribution in [3.05, 3.63) is 35.9 Å². The Morgan fingerprint density at radius 3 is 2.08 bits per heavy atom. The molecule has 2 nitrogen and oxygen atoms in total. The molecule has 25 heavy (non-hydrogen) atoms. The van der Waals surface area contributed by atoms with Gasteiger partial charge in [0.1, 0.15) is 0 Å². The van der Waals surface area contributed by atoms with Crippen molar-refractivity contribution in [2.24, 2.45) is 29.1 Å². The molecule has 0 amide bonds. The van der Waals surface area contributed by atoms with Crippen LogP contribution in [0.3, 0.4) is 0 Å². The first-order valence-electron chi connectivity index (χ1n) is 10.4. The summed E-state index contributed by atoms with van der Waals surface area (Å²) in [4.78, 5) is 2.34. The van der Waals surface area contributed by atoms with Gasteiger partial charge in [0.05, 0.1) is 12.2 Å². The summed E-state index contributed by atoms with van der Waals surface area (Å²) in [5.74, 6) is 3.60. The van der Waals surface area contributed by atoms with E-state index in [0.717, 1.165) is 30.9 Å². The summed E-state index contributed by atoms with van der Waals surface area (Å²) in [5.41, 5.74) is 1.85. The Morgan fingerprint density at radius 1 is 0.920 bits per heavy atom. The lowest BCUT2D eigenvalue weighted by Gasteiger charge is -2.62. The minimum atomic E-state index is -0.0229. The summed E-state index contributed by atoms with van der Waals surface area (Å²) in [6.07, 6.45) is 10.00. The number of hydrogen-bond acceptors (Lipinski definition) is 2. The maximum atomic E-state index is 6.90. The highest BCUT2D eigenvalue weighted by Gasteiger charge is 2.63. The normalized spacial score (nSPS) is 45.4. The van der Waals surface area contributed by atoms with Crippen molar-refractivity contribution in [2.45, 2.75) is 50.5 Å². The van der Waals surface area contributed by atoms with Crippen molar-refractivity contribution in [2.75, 3.05) is 27.2 Å². The van der Waals surface area contributed by atoms with Gasteiger partial charge in [-0.2, -0.15) is 0 Å². The quantitative estimate of drug-likeness (QED) is 0.788. The van der Waals surface area contributed by atoms with Crippen LogP contribution in [-0.2, 0) is 10.3 Å². The molecular formula is C23H33NO. The van der Waals surface area contributed by atoms with Crippen LogP contribution in [0.2, 0.25) is 0 Å². The van der Waals surface area contributed by atoms with Gasteiger partial charge in [-0.15, -0.1) is 0 Å². The van der Waals surface area contributed by atoms with Crippen molar-refractivity contribution in [3.63, 3.8) is 0 Å². The Balaban J connectivity index is 1.55. The Bertz CT molecular complexity index is 589. The molecule has 0 radical (unpaired) electrons. The van der Waals surface area contributed by atoms with E-state index in [1.807, 2.05) is 0 Å². The predicted molar refractivity (Wildman–Crippen MR) is 101 cm³/mol. The van der Waals surface area contributed by atoms with Crippen LogP contribution in [0, 0.1) is 29.1 Å². The molecule has 4 bridgehead atoms. The average Bonchev–Trinajstić information content (AvgIpc) is 2.99. The second kappa shape index (κ2) is 5.82. The van der Waals surface area contributed by atoms with Gasteiger partial charge in [0, 0.05) is 12.0 Å². The number of hydrogen-bond donors (Lipinski definition) is 0. The van der Waals surface area contributed by atoms with E-state index in [2.05, 4.69) is 49.3 Å². The zero-order valence-electron chi connectivity index (χ0n) is 15.9. The second-order valence-electron chi connectivity index (χ2n) is 10.0. The van der Waals surface area contributed by atoms with Crippen LogP contribution in [0.1, 0.15) is 50.5 Å². The van der Waals surface area contributed by atoms with Crippen LogP contribution in [0.15, 0.2) is 30.3 Å². The van der Waals surface area contributed by atoms with Crippen molar-refractivity contribution in [3.8, 4) is 0 Å². The number of nitrogens with zero attached hydrogens (tertiary/aromatic N) is 1. The average molecular weight is 340 g/mol. The lowest BCUT2D eigenvalue weighted by molar-refractivity contribution is -0.190. The zero-order valence-corrected chi connectivity index (χ0v) is 15.9. The molecule has 1 aliphatic heterocycles. The Hall–Kier alpha value is -0.860. The number of ether oxygens (including phenoxy) is 1. The van der Waals surface area contributed by atoms with Crippen molar-refractivity contribution < 1.29 is 4.74 Å². The van der Waals surface area contributed by atoms with E-state index in [1.165, 1.54) is 50.5 Å². The van der Waals surface area contributed by atoms with Crippen LogP contribution < -0.4 is 0 Å². The number of benzene rings is 1. The van der Waals surface area contributed by atoms with E-state index in [4.69, 9.17) is 4.74 Å². The van der Waals surface area contributed by atoms with Crippen molar-refractivity contribution in [1.82, 2.24) is 4.90 Å². The summed E-state index contributed by atoms with van der Waals surface area (Å²) < 4.78 is 6.90. The highest BCUT2D eigenvalue weighted by Crippen LogP contribution is 2.69. The molecule has 0 aromatic heterocycles. The molecule has 4 aliphatic carbocycles. The lowest BCUT2D eigenvalue weighted by atomic mass is 9.44. The maximum absolute atomic E-state index is 6.90. The molecule has 5 aliphatic rings. The van der Waals surface area contributed by atoms with Gasteiger partial charge in [0.25, 0.3) is 0 Å². The maximum Gasteiger partial charge on any atom is 0.0991 e. The third kappa shape index (κ3) is 2.51. The smallest absolute Gasteiger partial charge is 0.0991 e. The topological polar surface area (TPSA) is 12.5 Å². The molecule has 4 saturated carbocycles. The molecule has 2 unspecified atom stereocenters. The molecular weight excluding hydrogens is 306 g/mol. The fourth-order valence-electron chi connectivity index (χ4n) is 7.61. The van der Waals surface area contributed by atoms with Crippen LogP contribution >= 0.6 is 0 Å². The Labute approximate surface area is 152 Å². The minimum Gasteiger partial charge on any atom is -0.369 e. The van der Waals surface area contributed by atoms with Crippen LogP contribution in [-0.4, -0.2) is 32.1 Å². The standard InChI is InChI=1S/C23H33NO/c1-24(2)15-20-14-23(25-16-20,21-6-4-3-5-7-21)22-11-17-8-18(12-22)10-19(9-17)13-22/h3-7,17-20H,8-16H2,1-2H3. The van der Waals surface area contributed by atoms with Crippen molar-refractivity contribution >= 4 is 0 Å². The molecule has 2 atom stereocenters. The van der Waals surface area contributed by atoms with E-state index in [9.17, 15) is 0 Å². The van der Waals surface area contributed by atoms with Gasteiger partial charge in [-0.05, 0) is 88.3 Å². The van der Waals surface area contributed by atoms with E-state index >= 15 is 0 Å². The van der Waals surface area contributed by atoms with Crippen LogP contribution in [0.25, 0.3) is 0 Å². The molecule has 6 rings (SSSR count). The minimum absolute atomic E-state index is 0.0229. The van der Waals surface area contributed by atoms with Gasteiger partial charge in [-0.25, -0.2) is 0 Å². The molecule has 0 spiro atoms. The van der Waals surface area contributed by atoms with Gasteiger partial charge in [-0.1, -0.05) is 30.3 Å². The molecule has 1 aromatic rings. The first-order chi connectivity index (χ1) is 12.1. The third-order valence-electron chi connectivity index (χ3n) is 7.90. The molecule has 0 N–H and O–H groups in total. The summed E-state index contributed by atoms with van der Waals surface area (Å²) >= 11 is 0. The SMILES string of the molecule is CN(C)CC1COC(c2ccccc2)(C23CC4CC(CC(C4)C2)C3)C1. The lowest BCUT2D eigenvalue weighted by Crippen LogP contribution is -2.56. The second-order valence-corrected chi connectivity index (χ2v) is 10.0. The van der Waals surface area contributed by atoms with Crippen molar-refractivity contribution in [1.29, 1.82) is 0 Å². The highest BCUT2D eigenvalue weighted by molar-refractivity contribution is 5.29. The predicted octanol–water partition coefficient (Wildman–Crippen LogP) is 4.70. The van der Waals surface area contributed by atoms with Crippen LogP contribution in [0.5, 0.6) is 0 Å². The third-order valence-corrected chi connectivity index (χ3v) is 7.90. The highest BCUT2D eigenvalue weighted by atomic mass is 16.5. The van der Waals surface area contributed by atoms with Gasteiger partial charge in [0.2, 0.25) is 0 Å². The number of rotatable bonds is 4. The van der Waals surface area contributed by atoms with Gasteiger partial charge < -0.3 is 9.64 Å². The summed E-state index contributed by atoms with van der Waals surface area (Å²) in [7, 11) is 4.40. The van der Waals surface area contributed by atoms with Gasteiger partial charge >= 0.3 is 0 Å². The summed E-state index contributed by atoms with van der Waals surface area (Å²) in [6.45, 7) is 2.09. The molecule has 1 saturated heterocycles. The first-order valence-corrected chi connectivity index (χ1v) is 10.4. The fourth-order valence-corrected chi connectivity index (χ4v) is 7.61. The van der Waals surface area contributed by atoms with Crippen LogP contribution in [0.4, 0.5) is 0 Å². The summed E-state index contributed by atoms with van der Waals surface area (Å²) in [5, 5.41) is 0.